The number of benzene rings is 1. The van der Waals surface area contributed by atoms with Crippen molar-refractivity contribution in [3.05, 3.63) is 70.6 Å². The van der Waals surface area contributed by atoms with Gasteiger partial charge in [-0.1, -0.05) is 12.1 Å². The average Bonchev–Trinajstić information content (AvgIpc) is 2.74. The highest BCUT2D eigenvalue weighted by Gasteiger charge is 2.25. The molecule has 0 unspecified atom stereocenters. The van der Waals surface area contributed by atoms with Gasteiger partial charge in [-0.15, -0.1) is 0 Å². The first-order valence-electron chi connectivity index (χ1n) is 9.43. The molecule has 150 valence electrons. The van der Waals surface area contributed by atoms with Gasteiger partial charge in [0.2, 0.25) is 5.88 Å². The van der Waals surface area contributed by atoms with Crippen molar-refractivity contribution in [3.8, 4) is 17.3 Å². The molecule has 7 heteroatoms. The predicted octanol–water partition coefficient (Wildman–Crippen LogP) is 4.54. The molecule has 0 aliphatic carbocycles. The van der Waals surface area contributed by atoms with Crippen molar-refractivity contribution in [3.63, 3.8) is 0 Å². The number of aromatic nitrogens is 3. The van der Waals surface area contributed by atoms with Crippen LogP contribution in [0.4, 0.5) is 0 Å². The Bertz CT molecular complexity index is 964. The maximum Gasteiger partial charge on any atom is 0.254 e. The number of carbonyl (C=O) groups excluding carboxylic acids is 1. The quantitative estimate of drug-likeness (QED) is 0.524. The number of rotatable bonds is 7. The van der Waals surface area contributed by atoms with Gasteiger partial charge in [-0.25, -0.2) is 15.0 Å². The summed E-state index contributed by atoms with van der Waals surface area (Å²) < 4.78 is 6.67. The Labute approximate surface area is 179 Å². The van der Waals surface area contributed by atoms with Crippen LogP contribution in [-0.4, -0.2) is 45.0 Å². The van der Waals surface area contributed by atoms with E-state index in [1.54, 1.807) is 35.6 Å². The van der Waals surface area contributed by atoms with Gasteiger partial charge in [-0.3, -0.25) is 4.79 Å². The molecule has 6 nitrogen and oxygen atoms in total. The second-order valence-corrected chi connectivity index (χ2v) is 7.55. The van der Waals surface area contributed by atoms with Gasteiger partial charge in [-0.05, 0) is 60.5 Å². The van der Waals surface area contributed by atoms with Crippen LogP contribution in [0.15, 0.2) is 59.5 Å². The van der Waals surface area contributed by atoms with E-state index >= 15 is 0 Å². The number of pyridine rings is 1. The van der Waals surface area contributed by atoms with Crippen molar-refractivity contribution in [2.75, 3.05) is 13.2 Å². The Morgan fingerprint density at radius 1 is 1.14 bits per heavy atom. The summed E-state index contributed by atoms with van der Waals surface area (Å²) in [6, 6.07) is 11.0. The van der Waals surface area contributed by atoms with Crippen LogP contribution in [0.25, 0.3) is 11.4 Å². The van der Waals surface area contributed by atoms with E-state index in [4.69, 9.17) is 4.74 Å². The summed E-state index contributed by atoms with van der Waals surface area (Å²) in [4.78, 5) is 28.1. The second-order valence-electron chi connectivity index (χ2n) is 6.64. The Kier molecular flexibility index (Phi) is 6.93. The topological polar surface area (TPSA) is 68.2 Å². The van der Waals surface area contributed by atoms with Crippen molar-refractivity contribution in [2.24, 2.45) is 0 Å². The number of carbonyl (C=O) groups is 1. The van der Waals surface area contributed by atoms with E-state index in [0.29, 0.717) is 30.4 Å². The summed E-state index contributed by atoms with van der Waals surface area (Å²) in [6.45, 7) is 6.79. The second kappa shape index (κ2) is 9.60. The zero-order chi connectivity index (χ0) is 20.8. The molecule has 0 radical (unpaired) electrons. The van der Waals surface area contributed by atoms with Gasteiger partial charge in [0.25, 0.3) is 5.91 Å². The fourth-order valence-corrected chi connectivity index (χ4v) is 3.36. The van der Waals surface area contributed by atoms with Gasteiger partial charge < -0.3 is 9.64 Å². The van der Waals surface area contributed by atoms with Crippen LogP contribution in [0.3, 0.4) is 0 Å². The first kappa shape index (κ1) is 20.9. The van der Waals surface area contributed by atoms with Gasteiger partial charge in [0.1, 0.15) is 6.61 Å². The molecular weight excluding hydrogens is 432 g/mol. The highest BCUT2D eigenvalue weighted by Crippen LogP contribution is 2.26. The minimum Gasteiger partial charge on any atom is -0.475 e. The van der Waals surface area contributed by atoms with Crippen LogP contribution in [0, 0.1) is 6.92 Å². The van der Waals surface area contributed by atoms with Gasteiger partial charge in [0.15, 0.2) is 5.82 Å². The number of halogens is 1. The van der Waals surface area contributed by atoms with Crippen LogP contribution in [0.2, 0.25) is 0 Å². The first-order chi connectivity index (χ1) is 14.0. The van der Waals surface area contributed by atoms with E-state index in [2.05, 4.69) is 30.9 Å². The molecule has 3 aromatic rings. The normalized spacial score (nSPS) is 11.7. The number of amides is 1. The molecule has 2 heterocycles. The van der Waals surface area contributed by atoms with Crippen LogP contribution < -0.4 is 4.74 Å². The lowest BCUT2D eigenvalue weighted by molar-refractivity contribution is 0.0647. The molecule has 0 aliphatic heterocycles. The average molecular weight is 455 g/mol. The molecule has 1 atom stereocenters. The number of hydrogen-bond donors (Lipinski definition) is 0. The Morgan fingerprint density at radius 2 is 1.90 bits per heavy atom. The minimum atomic E-state index is -0.136. The van der Waals surface area contributed by atoms with Crippen LogP contribution >= 0.6 is 15.9 Å². The fourth-order valence-electron chi connectivity index (χ4n) is 3.12. The molecule has 0 spiro atoms. The third-order valence-electron chi connectivity index (χ3n) is 4.60. The third-order valence-corrected chi connectivity index (χ3v) is 5.07. The number of ether oxygens (including phenoxy) is 1. The van der Waals surface area contributed by atoms with Crippen LogP contribution in [0.1, 0.15) is 29.8 Å². The summed E-state index contributed by atoms with van der Waals surface area (Å²) in [7, 11) is 0. The molecule has 29 heavy (non-hydrogen) atoms. The maximum atomic E-state index is 13.4. The largest absolute Gasteiger partial charge is 0.475 e. The van der Waals surface area contributed by atoms with Crippen molar-refractivity contribution >= 4 is 21.8 Å². The van der Waals surface area contributed by atoms with E-state index in [-0.39, 0.29) is 11.9 Å². The summed E-state index contributed by atoms with van der Waals surface area (Å²) in [5, 5.41) is 0. The van der Waals surface area contributed by atoms with E-state index in [9.17, 15) is 4.79 Å². The summed E-state index contributed by atoms with van der Waals surface area (Å²) >= 11 is 3.36. The van der Waals surface area contributed by atoms with Gasteiger partial charge in [0, 0.05) is 41.2 Å². The smallest absolute Gasteiger partial charge is 0.254 e. The van der Waals surface area contributed by atoms with Crippen molar-refractivity contribution < 1.29 is 9.53 Å². The number of likely N-dealkylation sites (N-methyl/N-ethyl adjacent to an activating group) is 1. The molecule has 0 bridgehead atoms. The molecule has 3 rings (SSSR count). The standard InChI is InChI=1S/C22H23BrN4O2/c1-4-27(16(3)14-29-19-10-9-17(23)13-26-19)22(28)18-8-5-7-15(2)20(18)21-24-11-6-12-25-21/h5-13,16H,4,14H2,1-3H3/t16-/m0/s1. The molecule has 1 amide bonds. The molecule has 1 aromatic carbocycles. The first-order valence-corrected chi connectivity index (χ1v) is 10.2. The van der Waals surface area contributed by atoms with Crippen LogP contribution in [0.5, 0.6) is 5.88 Å². The highest BCUT2D eigenvalue weighted by atomic mass is 79.9. The van der Waals surface area contributed by atoms with Gasteiger partial charge in [0.05, 0.1) is 11.6 Å². The summed E-state index contributed by atoms with van der Waals surface area (Å²) in [5.41, 5.74) is 2.31. The Morgan fingerprint density at radius 3 is 2.55 bits per heavy atom. The van der Waals surface area contributed by atoms with E-state index in [1.807, 2.05) is 45.0 Å². The van der Waals surface area contributed by atoms with E-state index in [1.165, 1.54) is 0 Å². The maximum absolute atomic E-state index is 13.4. The molecule has 2 aromatic heterocycles. The van der Waals surface area contributed by atoms with E-state index < -0.39 is 0 Å². The molecular formula is C22H23BrN4O2. The molecule has 0 N–H and O–H groups in total. The fraction of sp³-hybridized carbons (Fsp3) is 0.273. The summed E-state index contributed by atoms with van der Waals surface area (Å²) in [5.74, 6) is 1.00. The Hall–Kier alpha value is -2.80. The molecule has 0 aliphatic rings. The number of hydrogen-bond acceptors (Lipinski definition) is 5. The number of nitrogens with zero attached hydrogens (tertiary/aromatic N) is 4. The highest BCUT2D eigenvalue weighted by molar-refractivity contribution is 9.10. The lowest BCUT2D eigenvalue weighted by atomic mass is 9.99. The van der Waals surface area contributed by atoms with Crippen molar-refractivity contribution in [1.29, 1.82) is 0 Å². The van der Waals surface area contributed by atoms with Crippen LogP contribution in [-0.2, 0) is 0 Å². The third kappa shape index (κ3) is 4.98. The summed E-state index contributed by atoms with van der Waals surface area (Å²) in [6.07, 6.45) is 5.05. The van der Waals surface area contributed by atoms with Gasteiger partial charge in [-0.2, -0.15) is 0 Å². The Balaban J connectivity index is 1.82. The molecule has 0 saturated heterocycles. The SMILES string of the molecule is CCN(C(=O)c1cccc(C)c1-c1ncccn1)[C@@H](C)COc1ccc(Br)cn1. The molecule has 0 saturated carbocycles. The number of aryl methyl sites for hydroxylation is 1. The van der Waals surface area contributed by atoms with Crippen molar-refractivity contribution in [2.45, 2.75) is 26.8 Å². The molecule has 0 fully saturated rings. The zero-order valence-electron chi connectivity index (χ0n) is 16.7. The van der Waals surface area contributed by atoms with Crippen molar-refractivity contribution in [1.82, 2.24) is 19.9 Å². The van der Waals surface area contributed by atoms with Gasteiger partial charge >= 0.3 is 0 Å². The van der Waals surface area contributed by atoms with E-state index in [0.717, 1.165) is 15.6 Å². The lowest BCUT2D eigenvalue weighted by Crippen LogP contribution is -2.42. The zero-order valence-corrected chi connectivity index (χ0v) is 18.3. The minimum absolute atomic E-state index is 0.0708. The monoisotopic (exact) mass is 454 g/mol. The predicted molar refractivity (Wildman–Crippen MR) is 116 cm³/mol. The lowest BCUT2D eigenvalue weighted by Gasteiger charge is -2.29.